The van der Waals surface area contributed by atoms with Crippen LogP contribution in [0.15, 0.2) is 27.4 Å². The van der Waals surface area contributed by atoms with E-state index in [2.05, 4.69) is 0 Å². The summed E-state index contributed by atoms with van der Waals surface area (Å²) in [4.78, 5) is 11.8. The lowest BCUT2D eigenvalue weighted by molar-refractivity contribution is -0.116. The summed E-state index contributed by atoms with van der Waals surface area (Å²) < 4.78 is 15.5. The molecule has 0 aliphatic carbocycles. The number of hydrogen-bond donors (Lipinski definition) is 4. The molecule has 4 atom stereocenters. The Labute approximate surface area is 130 Å². The minimum atomic E-state index is -1.35. The van der Waals surface area contributed by atoms with E-state index in [1.807, 2.05) is 0 Å². The summed E-state index contributed by atoms with van der Waals surface area (Å²) in [5.74, 6) is 0.166. The molecule has 3 rings (SSSR count). The highest BCUT2D eigenvalue weighted by Gasteiger charge is 2.43. The number of aryl methyl sites for hydroxylation is 1. The first-order valence-electron chi connectivity index (χ1n) is 6.97. The molecule has 1 saturated heterocycles. The molecule has 124 valence electrons. The molecule has 2 aromatic rings. The fraction of sp³-hybridized carbons (Fsp3) is 0.400. The summed E-state index contributed by atoms with van der Waals surface area (Å²) in [6, 6.07) is 4.22. The number of phenols is 1. The molecule has 1 fully saturated rings. The van der Waals surface area contributed by atoms with Gasteiger partial charge in [-0.05, 0) is 24.4 Å². The summed E-state index contributed by atoms with van der Waals surface area (Å²) in [5, 5.41) is 39.0. The molecule has 23 heavy (non-hydrogen) atoms. The standard InChI is InChI=1S/C15H16O8/c1-6-2-7-3-8(4-9(17)11(7)14(20)21-6)22-15-13(19)12(18)10(5-16)23-15/h2-4,10,12-13,15-19H,5H2,1H3/t10-,12-,13-,15+/m1/s1. The molecule has 0 unspecified atom stereocenters. The average Bonchev–Trinajstić information content (AvgIpc) is 2.74. The number of aliphatic hydroxyl groups is 3. The zero-order valence-electron chi connectivity index (χ0n) is 12.2. The molecule has 1 aliphatic rings. The Hall–Kier alpha value is -2.13. The van der Waals surface area contributed by atoms with Crippen LogP contribution in [0.2, 0.25) is 0 Å². The average molecular weight is 324 g/mol. The van der Waals surface area contributed by atoms with E-state index in [4.69, 9.17) is 19.0 Å². The number of hydrogen-bond acceptors (Lipinski definition) is 8. The van der Waals surface area contributed by atoms with Crippen molar-refractivity contribution < 1.29 is 34.3 Å². The lowest BCUT2D eigenvalue weighted by Crippen LogP contribution is -2.35. The molecular weight excluding hydrogens is 308 g/mol. The number of fused-ring (bicyclic) bond motifs is 1. The zero-order chi connectivity index (χ0) is 16.7. The van der Waals surface area contributed by atoms with Crippen molar-refractivity contribution in [2.45, 2.75) is 31.5 Å². The SMILES string of the molecule is Cc1cc2cc(O[C@H]3O[C@H](CO)[C@@H](O)[C@H]3O)cc(O)c2c(=O)o1. The fourth-order valence-electron chi connectivity index (χ4n) is 2.57. The van der Waals surface area contributed by atoms with Crippen LogP contribution in [0.1, 0.15) is 5.76 Å². The maximum Gasteiger partial charge on any atom is 0.347 e. The third-order valence-corrected chi connectivity index (χ3v) is 3.69. The molecule has 2 heterocycles. The van der Waals surface area contributed by atoms with E-state index in [1.54, 1.807) is 13.0 Å². The Morgan fingerprint density at radius 2 is 1.96 bits per heavy atom. The quantitative estimate of drug-likeness (QED) is 0.601. The molecule has 8 nitrogen and oxygen atoms in total. The second-order valence-corrected chi connectivity index (χ2v) is 5.38. The monoisotopic (exact) mass is 324 g/mol. The van der Waals surface area contributed by atoms with Crippen LogP contribution >= 0.6 is 0 Å². The molecular formula is C15H16O8. The van der Waals surface area contributed by atoms with Crippen LogP contribution < -0.4 is 10.4 Å². The van der Waals surface area contributed by atoms with E-state index < -0.39 is 36.8 Å². The Morgan fingerprint density at radius 1 is 1.22 bits per heavy atom. The predicted octanol–water partition coefficient (Wildman–Crippen LogP) is -0.375. The van der Waals surface area contributed by atoms with Gasteiger partial charge in [0.25, 0.3) is 0 Å². The van der Waals surface area contributed by atoms with Crippen molar-refractivity contribution in [3.8, 4) is 11.5 Å². The third kappa shape index (κ3) is 2.77. The summed E-state index contributed by atoms with van der Waals surface area (Å²) in [7, 11) is 0. The second kappa shape index (κ2) is 5.82. The normalized spacial score (nSPS) is 27.5. The summed E-state index contributed by atoms with van der Waals surface area (Å²) >= 11 is 0. The van der Waals surface area contributed by atoms with Gasteiger partial charge < -0.3 is 34.3 Å². The van der Waals surface area contributed by atoms with E-state index in [-0.39, 0.29) is 16.9 Å². The van der Waals surface area contributed by atoms with Gasteiger partial charge in [-0.1, -0.05) is 0 Å². The third-order valence-electron chi connectivity index (χ3n) is 3.69. The zero-order valence-corrected chi connectivity index (χ0v) is 12.2. The van der Waals surface area contributed by atoms with E-state index in [0.29, 0.717) is 11.1 Å². The van der Waals surface area contributed by atoms with Crippen LogP contribution in [0.25, 0.3) is 10.8 Å². The van der Waals surface area contributed by atoms with Gasteiger partial charge in [0, 0.05) is 6.07 Å². The molecule has 0 spiro atoms. The van der Waals surface area contributed by atoms with Gasteiger partial charge in [0.15, 0.2) is 0 Å². The summed E-state index contributed by atoms with van der Waals surface area (Å²) in [6.45, 7) is 1.12. The lowest BCUT2D eigenvalue weighted by atomic mass is 10.1. The van der Waals surface area contributed by atoms with Crippen molar-refractivity contribution in [1.29, 1.82) is 0 Å². The number of ether oxygens (including phenoxy) is 2. The Morgan fingerprint density at radius 3 is 2.61 bits per heavy atom. The van der Waals surface area contributed by atoms with Crippen molar-refractivity contribution in [3.63, 3.8) is 0 Å². The first-order chi connectivity index (χ1) is 10.9. The van der Waals surface area contributed by atoms with Gasteiger partial charge in [0.2, 0.25) is 6.29 Å². The second-order valence-electron chi connectivity index (χ2n) is 5.38. The van der Waals surface area contributed by atoms with Crippen molar-refractivity contribution >= 4 is 10.8 Å². The molecule has 1 aliphatic heterocycles. The molecule has 8 heteroatoms. The smallest absolute Gasteiger partial charge is 0.347 e. The van der Waals surface area contributed by atoms with Crippen molar-refractivity contribution in [2.24, 2.45) is 0 Å². The van der Waals surface area contributed by atoms with E-state index in [9.17, 15) is 20.1 Å². The fourth-order valence-corrected chi connectivity index (χ4v) is 2.57. The number of phenolic OH excluding ortho intramolecular Hbond substituents is 1. The van der Waals surface area contributed by atoms with Gasteiger partial charge in [-0.25, -0.2) is 4.79 Å². The Balaban J connectivity index is 1.94. The van der Waals surface area contributed by atoms with Crippen molar-refractivity contribution in [3.05, 3.63) is 34.4 Å². The largest absolute Gasteiger partial charge is 0.507 e. The van der Waals surface area contributed by atoms with Crippen LogP contribution in [-0.2, 0) is 4.74 Å². The Kier molecular flexibility index (Phi) is 3.99. The van der Waals surface area contributed by atoms with Crippen LogP contribution in [0.5, 0.6) is 11.5 Å². The maximum absolute atomic E-state index is 11.8. The molecule has 0 saturated carbocycles. The topological polar surface area (TPSA) is 130 Å². The number of benzene rings is 1. The number of aliphatic hydroxyl groups excluding tert-OH is 3. The molecule has 1 aromatic heterocycles. The van der Waals surface area contributed by atoms with E-state index in [1.165, 1.54) is 12.1 Å². The predicted molar refractivity (Wildman–Crippen MR) is 77.3 cm³/mol. The highest BCUT2D eigenvalue weighted by molar-refractivity contribution is 5.88. The van der Waals surface area contributed by atoms with Gasteiger partial charge in [0.1, 0.15) is 41.0 Å². The van der Waals surface area contributed by atoms with Crippen LogP contribution in [0.3, 0.4) is 0 Å². The summed E-state index contributed by atoms with van der Waals surface area (Å²) in [6.07, 6.45) is -4.81. The van der Waals surface area contributed by atoms with Crippen LogP contribution in [0.4, 0.5) is 0 Å². The minimum Gasteiger partial charge on any atom is -0.507 e. The minimum absolute atomic E-state index is 0.0177. The van der Waals surface area contributed by atoms with Gasteiger partial charge in [-0.2, -0.15) is 0 Å². The van der Waals surface area contributed by atoms with Gasteiger partial charge >= 0.3 is 5.63 Å². The Bertz CT molecular complexity index is 783. The molecule has 0 radical (unpaired) electrons. The highest BCUT2D eigenvalue weighted by atomic mass is 16.7. The summed E-state index contributed by atoms with van der Waals surface area (Å²) in [5.41, 5.74) is -0.669. The number of rotatable bonds is 3. The molecule has 1 aromatic carbocycles. The van der Waals surface area contributed by atoms with Crippen molar-refractivity contribution in [2.75, 3.05) is 6.61 Å². The van der Waals surface area contributed by atoms with Gasteiger partial charge in [-0.3, -0.25) is 0 Å². The van der Waals surface area contributed by atoms with Crippen molar-refractivity contribution in [1.82, 2.24) is 0 Å². The lowest BCUT2D eigenvalue weighted by Gasteiger charge is -2.17. The maximum atomic E-state index is 11.8. The molecule has 0 bridgehead atoms. The first-order valence-corrected chi connectivity index (χ1v) is 6.97. The number of aromatic hydroxyl groups is 1. The van der Waals surface area contributed by atoms with Crippen LogP contribution in [-0.4, -0.2) is 51.6 Å². The molecule has 4 N–H and O–H groups in total. The van der Waals surface area contributed by atoms with E-state index >= 15 is 0 Å². The van der Waals surface area contributed by atoms with Gasteiger partial charge in [-0.15, -0.1) is 0 Å². The first kappa shape index (κ1) is 15.8. The van der Waals surface area contributed by atoms with E-state index in [0.717, 1.165) is 0 Å². The molecule has 0 amide bonds. The van der Waals surface area contributed by atoms with Gasteiger partial charge in [0.05, 0.1) is 6.61 Å². The highest BCUT2D eigenvalue weighted by Crippen LogP contribution is 2.31. The van der Waals surface area contributed by atoms with Crippen LogP contribution in [0, 0.1) is 6.92 Å².